The molecule has 0 bridgehead atoms. The van der Waals surface area contributed by atoms with Gasteiger partial charge in [-0.15, -0.1) is 0 Å². The molecular formula is C13H20N4. The Morgan fingerprint density at radius 2 is 2.53 bits per heavy atom. The molecule has 0 spiro atoms. The van der Waals surface area contributed by atoms with Gasteiger partial charge < -0.3 is 4.57 Å². The van der Waals surface area contributed by atoms with Crippen molar-refractivity contribution in [3.8, 4) is 6.07 Å². The Morgan fingerprint density at radius 1 is 1.65 bits per heavy atom. The molecule has 4 nitrogen and oxygen atoms in total. The van der Waals surface area contributed by atoms with E-state index in [1.807, 2.05) is 18.7 Å². The number of imidazole rings is 1. The summed E-state index contributed by atoms with van der Waals surface area (Å²) in [6.45, 7) is 3.05. The molecule has 2 unspecified atom stereocenters. The minimum Gasteiger partial charge on any atom is -0.334 e. The van der Waals surface area contributed by atoms with E-state index in [4.69, 9.17) is 0 Å². The van der Waals surface area contributed by atoms with Crippen LogP contribution in [0.2, 0.25) is 0 Å². The maximum atomic E-state index is 9.45. The van der Waals surface area contributed by atoms with E-state index in [1.54, 1.807) is 0 Å². The SMILES string of the molecule is CCCNC1(C#N)CCCC(n2ccnc2)C1. The lowest BCUT2D eigenvalue weighted by atomic mass is 9.79. The molecule has 1 aliphatic carbocycles. The van der Waals surface area contributed by atoms with E-state index in [2.05, 4.69) is 27.9 Å². The van der Waals surface area contributed by atoms with E-state index < -0.39 is 0 Å². The number of aromatic nitrogens is 2. The summed E-state index contributed by atoms with van der Waals surface area (Å²) in [5.74, 6) is 0. The average Bonchev–Trinajstić information content (AvgIpc) is 2.90. The van der Waals surface area contributed by atoms with E-state index in [1.165, 1.54) is 0 Å². The van der Waals surface area contributed by atoms with E-state index in [9.17, 15) is 5.26 Å². The molecule has 0 aromatic carbocycles. The van der Waals surface area contributed by atoms with Gasteiger partial charge >= 0.3 is 0 Å². The monoisotopic (exact) mass is 232 g/mol. The third-order valence-corrected chi connectivity index (χ3v) is 3.60. The van der Waals surface area contributed by atoms with Gasteiger partial charge in [-0.2, -0.15) is 5.26 Å². The molecule has 2 rings (SSSR count). The first-order valence-corrected chi connectivity index (χ1v) is 6.43. The van der Waals surface area contributed by atoms with Crippen LogP contribution in [-0.4, -0.2) is 21.6 Å². The summed E-state index contributed by atoms with van der Waals surface area (Å²) in [6, 6.07) is 2.91. The quantitative estimate of drug-likeness (QED) is 0.866. The van der Waals surface area contributed by atoms with Crippen LogP contribution < -0.4 is 5.32 Å². The van der Waals surface area contributed by atoms with E-state index in [0.717, 1.165) is 38.6 Å². The Kier molecular flexibility index (Phi) is 3.80. The first-order valence-electron chi connectivity index (χ1n) is 6.43. The Labute approximate surface area is 103 Å². The van der Waals surface area contributed by atoms with Crippen molar-refractivity contribution in [1.29, 1.82) is 5.26 Å². The Balaban J connectivity index is 2.07. The van der Waals surface area contributed by atoms with E-state index in [-0.39, 0.29) is 5.54 Å². The first-order chi connectivity index (χ1) is 8.29. The van der Waals surface area contributed by atoms with Gasteiger partial charge in [0.05, 0.1) is 12.4 Å². The summed E-state index contributed by atoms with van der Waals surface area (Å²) in [5.41, 5.74) is -0.330. The lowest BCUT2D eigenvalue weighted by molar-refractivity contribution is 0.231. The fraction of sp³-hybridized carbons (Fsp3) is 0.692. The number of rotatable bonds is 4. The van der Waals surface area contributed by atoms with E-state index in [0.29, 0.717) is 6.04 Å². The molecule has 1 saturated carbocycles. The van der Waals surface area contributed by atoms with Crippen molar-refractivity contribution in [2.45, 2.75) is 50.6 Å². The van der Waals surface area contributed by atoms with Crippen LogP contribution in [0.4, 0.5) is 0 Å². The van der Waals surface area contributed by atoms with Gasteiger partial charge in [-0.25, -0.2) is 4.98 Å². The molecule has 2 atom stereocenters. The van der Waals surface area contributed by atoms with Crippen LogP contribution in [0, 0.1) is 11.3 Å². The van der Waals surface area contributed by atoms with Crippen LogP contribution in [0.25, 0.3) is 0 Å². The second-order valence-electron chi connectivity index (χ2n) is 4.88. The fourth-order valence-electron chi connectivity index (χ4n) is 2.65. The van der Waals surface area contributed by atoms with Crippen LogP contribution in [0.3, 0.4) is 0 Å². The average molecular weight is 232 g/mol. The van der Waals surface area contributed by atoms with Crippen molar-refractivity contribution in [1.82, 2.24) is 14.9 Å². The van der Waals surface area contributed by atoms with Gasteiger partial charge in [0.15, 0.2) is 0 Å². The second-order valence-corrected chi connectivity index (χ2v) is 4.88. The molecule has 0 aliphatic heterocycles. The van der Waals surface area contributed by atoms with Crippen molar-refractivity contribution >= 4 is 0 Å². The van der Waals surface area contributed by atoms with Gasteiger partial charge in [-0.3, -0.25) is 5.32 Å². The molecule has 0 amide bonds. The van der Waals surface area contributed by atoms with Crippen LogP contribution in [0.15, 0.2) is 18.7 Å². The zero-order valence-electron chi connectivity index (χ0n) is 10.4. The van der Waals surface area contributed by atoms with Crippen molar-refractivity contribution in [3.63, 3.8) is 0 Å². The summed E-state index contributed by atoms with van der Waals surface area (Å²) in [4.78, 5) is 4.09. The van der Waals surface area contributed by atoms with Crippen molar-refractivity contribution in [3.05, 3.63) is 18.7 Å². The van der Waals surface area contributed by atoms with Gasteiger partial charge in [0.25, 0.3) is 0 Å². The molecule has 1 heterocycles. The number of hydrogen-bond donors (Lipinski definition) is 1. The van der Waals surface area contributed by atoms with E-state index >= 15 is 0 Å². The van der Waals surface area contributed by atoms with Crippen LogP contribution in [-0.2, 0) is 0 Å². The Hall–Kier alpha value is -1.34. The molecule has 0 saturated heterocycles. The van der Waals surface area contributed by atoms with Crippen molar-refractivity contribution < 1.29 is 0 Å². The largest absolute Gasteiger partial charge is 0.334 e. The maximum absolute atomic E-state index is 9.45. The minimum absolute atomic E-state index is 0.330. The summed E-state index contributed by atoms with van der Waals surface area (Å²) >= 11 is 0. The molecule has 0 radical (unpaired) electrons. The zero-order valence-corrected chi connectivity index (χ0v) is 10.4. The summed E-state index contributed by atoms with van der Waals surface area (Å²) < 4.78 is 2.14. The smallest absolute Gasteiger partial charge is 0.108 e. The molecule has 1 fully saturated rings. The highest BCUT2D eigenvalue weighted by Crippen LogP contribution is 2.35. The molecule has 1 N–H and O–H groups in total. The summed E-state index contributed by atoms with van der Waals surface area (Å²) in [6.07, 6.45) is 10.8. The van der Waals surface area contributed by atoms with Crippen molar-refractivity contribution in [2.24, 2.45) is 0 Å². The number of nitrogens with one attached hydrogen (secondary N) is 1. The highest BCUT2D eigenvalue weighted by Gasteiger charge is 2.36. The second kappa shape index (κ2) is 5.33. The third kappa shape index (κ3) is 2.67. The highest BCUT2D eigenvalue weighted by atomic mass is 15.1. The van der Waals surface area contributed by atoms with Crippen LogP contribution in [0.1, 0.15) is 45.1 Å². The molecule has 1 aliphatic rings. The van der Waals surface area contributed by atoms with Gasteiger partial charge in [0.2, 0.25) is 0 Å². The first kappa shape index (κ1) is 12.1. The zero-order chi connectivity index (χ0) is 12.1. The lowest BCUT2D eigenvalue weighted by Crippen LogP contribution is -2.48. The third-order valence-electron chi connectivity index (χ3n) is 3.60. The number of hydrogen-bond acceptors (Lipinski definition) is 3. The summed E-state index contributed by atoms with van der Waals surface area (Å²) in [5, 5.41) is 12.9. The number of nitriles is 1. The number of nitrogens with zero attached hydrogens (tertiary/aromatic N) is 3. The molecule has 1 aromatic rings. The molecule has 1 aromatic heterocycles. The van der Waals surface area contributed by atoms with Gasteiger partial charge in [0.1, 0.15) is 5.54 Å². The predicted molar refractivity (Wildman–Crippen MR) is 66.4 cm³/mol. The Bertz CT molecular complexity index is 379. The summed E-state index contributed by atoms with van der Waals surface area (Å²) in [7, 11) is 0. The Morgan fingerprint density at radius 3 is 3.18 bits per heavy atom. The van der Waals surface area contributed by atoms with Gasteiger partial charge in [-0.1, -0.05) is 6.92 Å². The normalized spacial score (nSPS) is 28.8. The van der Waals surface area contributed by atoms with Gasteiger partial charge in [0, 0.05) is 18.4 Å². The predicted octanol–water partition coefficient (Wildman–Crippen LogP) is 2.26. The fourth-order valence-corrected chi connectivity index (χ4v) is 2.65. The van der Waals surface area contributed by atoms with Gasteiger partial charge in [-0.05, 0) is 38.6 Å². The van der Waals surface area contributed by atoms with Crippen molar-refractivity contribution in [2.75, 3.05) is 6.54 Å². The highest BCUT2D eigenvalue weighted by molar-refractivity contribution is 5.10. The molecular weight excluding hydrogens is 212 g/mol. The lowest BCUT2D eigenvalue weighted by Gasteiger charge is -2.37. The maximum Gasteiger partial charge on any atom is 0.108 e. The molecule has 17 heavy (non-hydrogen) atoms. The van der Waals surface area contributed by atoms with Crippen LogP contribution >= 0.6 is 0 Å². The molecule has 92 valence electrons. The topological polar surface area (TPSA) is 53.6 Å². The van der Waals surface area contributed by atoms with Crippen LogP contribution in [0.5, 0.6) is 0 Å². The molecule has 4 heteroatoms. The standard InChI is InChI=1S/C13H20N4/c1-2-6-16-13(10-14)5-3-4-12(9-13)17-8-7-15-11-17/h7-8,11-12,16H,2-6,9H2,1H3. The minimum atomic E-state index is -0.330.